The van der Waals surface area contributed by atoms with Crippen molar-refractivity contribution in [1.29, 1.82) is 0 Å². The molecule has 0 bridgehead atoms. The molecule has 7 heteroatoms. The van der Waals surface area contributed by atoms with Gasteiger partial charge >= 0.3 is 0 Å². The number of nitrogens with zero attached hydrogens (tertiary/aromatic N) is 2. The highest BCUT2D eigenvalue weighted by molar-refractivity contribution is 5.97. The average molecular weight is 343 g/mol. The van der Waals surface area contributed by atoms with Crippen LogP contribution in [0.3, 0.4) is 0 Å². The Morgan fingerprint density at radius 2 is 1.92 bits per heavy atom. The van der Waals surface area contributed by atoms with Gasteiger partial charge in [0.05, 0.1) is 23.6 Å². The summed E-state index contributed by atoms with van der Waals surface area (Å²) < 4.78 is 5.15. The lowest BCUT2D eigenvalue weighted by atomic mass is 10.1. The van der Waals surface area contributed by atoms with E-state index in [9.17, 15) is 14.9 Å². The summed E-state index contributed by atoms with van der Waals surface area (Å²) in [5.41, 5.74) is 1.05. The van der Waals surface area contributed by atoms with E-state index in [4.69, 9.17) is 4.74 Å². The smallest absolute Gasteiger partial charge is 0.270 e. The maximum atomic E-state index is 12.5. The molecule has 2 rings (SSSR count). The molecule has 1 atom stereocenters. The van der Waals surface area contributed by atoms with Crippen molar-refractivity contribution in [2.24, 2.45) is 0 Å². The molecule has 0 aliphatic heterocycles. The van der Waals surface area contributed by atoms with Crippen molar-refractivity contribution >= 4 is 11.6 Å². The number of methoxy groups -OCH3 is 1. The Labute approximate surface area is 146 Å². The van der Waals surface area contributed by atoms with Crippen LogP contribution in [0.4, 0.5) is 5.69 Å². The van der Waals surface area contributed by atoms with Crippen molar-refractivity contribution in [3.05, 3.63) is 69.8 Å². The van der Waals surface area contributed by atoms with Crippen LogP contribution in [-0.4, -0.2) is 43.5 Å². The summed E-state index contributed by atoms with van der Waals surface area (Å²) in [5.74, 6) is -0.118. The Bertz CT molecular complexity index is 747. The molecular formula is C18H21N3O4. The molecule has 0 aliphatic carbocycles. The first-order chi connectivity index (χ1) is 11.9. The van der Waals surface area contributed by atoms with Crippen molar-refractivity contribution in [1.82, 2.24) is 10.2 Å². The summed E-state index contributed by atoms with van der Waals surface area (Å²) in [6, 6.07) is 13.7. The summed E-state index contributed by atoms with van der Waals surface area (Å²) in [6.45, 7) is 0.363. The molecule has 1 N–H and O–H groups in total. The SMILES string of the molecule is COc1ccc([N+](=O)[O-])cc1C(=O)NCC(c1ccccc1)N(C)C. The largest absolute Gasteiger partial charge is 0.496 e. The summed E-state index contributed by atoms with van der Waals surface area (Å²) >= 11 is 0. The minimum Gasteiger partial charge on any atom is -0.496 e. The van der Waals surface area contributed by atoms with Gasteiger partial charge in [-0.3, -0.25) is 14.9 Å². The fraction of sp³-hybridized carbons (Fsp3) is 0.278. The van der Waals surface area contributed by atoms with Gasteiger partial charge in [0.1, 0.15) is 5.75 Å². The van der Waals surface area contributed by atoms with E-state index in [2.05, 4.69) is 5.32 Å². The third-order valence-corrected chi connectivity index (χ3v) is 3.90. The van der Waals surface area contributed by atoms with Crippen LogP contribution in [0.1, 0.15) is 22.0 Å². The fourth-order valence-corrected chi connectivity index (χ4v) is 2.55. The molecule has 2 aromatic carbocycles. The molecule has 0 heterocycles. The predicted molar refractivity (Wildman–Crippen MR) is 94.9 cm³/mol. The van der Waals surface area contributed by atoms with Gasteiger partial charge in [0, 0.05) is 18.7 Å². The van der Waals surface area contributed by atoms with Crippen LogP contribution >= 0.6 is 0 Å². The van der Waals surface area contributed by atoms with E-state index in [1.807, 2.05) is 49.3 Å². The van der Waals surface area contributed by atoms with Crippen molar-refractivity contribution in [2.75, 3.05) is 27.7 Å². The van der Waals surface area contributed by atoms with E-state index in [1.165, 1.54) is 25.3 Å². The third kappa shape index (κ3) is 4.54. The minimum atomic E-state index is -0.539. The zero-order valence-electron chi connectivity index (χ0n) is 14.4. The number of rotatable bonds is 7. The molecule has 0 aromatic heterocycles. The van der Waals surface area contributed by atoms with Crippen molar-refractivity contribution in [2.45, 2.75) is 6.04 Å². The average Bonchev–Trinajstić information content (AvgIpc) is 2.61. The second kappa shape index (κ2) is 8.25. The lowest BCUT2D eigenvalue weighted by molar-refractivity contribution is -0.384. The Hall–Kier alpha value is -2.93. The summed E-state index contributed by atoms with van der Waals surface area (Å²) in [7, 11) is 5.28. The number of nitro groups is 1. The van der Waals surface area contributed by atoms with Crippen LogP contribution in [0.15, 0.2) is 48.5 Å². The van der Waals surface area contributed by atoms with Gasteiger partial charge in [-0.15, -0.1) is 0 Å². The van der Waals surface area contributed by atoms with E-state index in [0.29, 0.717) is 12.3 Å². The van der Waals surface area contributed by atoms with Crippen LogP contribution < -0.4 is 10.1 Å². The molecule has 25 heavy (non-hydrogen) atoms. The lowest BCUT2D eigenvalue weighted by Gasteiger charge is -2.25. The van der Waals surface area contributed by atoms with Crippen molar-refractivity contribution in [3.63, 3.8) is 0 Å². The maximum Gasteiger partial charge on any atom is 0.270 e. The first-order valence-corrected chi connectivity index (χ1v) is 7.76. The van der Waals surface area contributed by atoms with E-state index in [-0.39, 0.29) is 17.3 Å². The number of carbonyl (C=O) groups excluding carboxylic acids is 1. The second-order valence-electron chi connectivity index (χ2n) is 5.74. The van der Waals surface area contributed by atoms with E-state index >= 15 is 0 Å². The molecule has 1 amide bonds. The molecule has 0 saturated heterocycles. The molecule has 0 radical (unpaired) electrons. The third-order valence-electron chi connectivity index (χ3n) is 3.90. The Kier molecular flexibility index (Phi) is 6.08. The first kappa shape index (κ1) is 18.4. The number of ether oxygens (including phenoxy) is 1. The van der Waals surface area contributed by atoms with Gasteiger partial charge < -0.3 is 15.0 Å². The number of hydrogen-bond donors (Lipinski definition) is 1. The van der Waals surface area contributed by atoms with Crippen LogP contribution in [0.2, 0.25) is 0 Å². The van der Waals surface area contributed by atoms with E-state index in [0.717, 1.165) is 5.56 Å². The molecular weight excluding hydrogens is 322 g/mol. The van der Waals surface area contributed by atoms with Crippen LogP contribution in [-0.2, 0) is 0 Å². The highest BCUT2D eigenvalue weighted by atomic mass is 16.6. The number of carbonyl (C=O) groups is 1. The molecule has 132 valence electrons. The quantitative estimate of drug-likeness (QED) is 0.617. The molecule has 0 aliphatic rings. The number of nitro benzene ring substituents is 1. The lowest BCUT2D eigenvalue weighted by Crippen LogP contribution is -2.34. The summed E-state index contributed by atoms with van der Waals surface area (Å²) in [5, 5.41) is 13.8. The van der Waals surface area contributed by atoms with Crippen LogP contribution in [0, 0.1) is 10.1 Å². The monoisotopic (exact) mass is 343 g/mol. The van der Waals surface area contributed by atoms with Gasteiger partial charge in [-0.2, -0.15) is 0 Å². The molecule has 0 spiro atoms. The van der Waals surface area contributed by atoms with E-state index < -0.39 is 10.8 Å². The van der Waals surface area contributed by atoms with Gasteiger partial charge in [0.2, 0.25) is 0 Å². The number of benzene rings is 2. The van der Waals surface area contributed by atoms with Gasteiger partial charge in [0.25, 0.3) is 11.6 Å². The highest BCUT2D eigenvalue weighted by Crippen LogP contribution is 2.24. The van der Waals surface area contributed by atoms with Gasteiger partial charge in [0.15, 0.2) is 0 Å². The standard InChI is InChI=1S/C18H21N3O4/c1-20(2)16(13-7-5-4-6-8-13)12-19-18(22)15-11-14(21(23)24)9-10-17(15)25-3/h4-11,16H,12H2,1-3H3,(H,19,22). The first-order valence-electron chi connectivity index (χ1n) is 7.76. The van der Waals surface area contributed by atoms with Crippen LogP contribution in [0.25, 0.3) is 0 Å². The highest BCUT2D eigenvalue weighted by Gasteiger charge is 2.20. The zero-order valence-corrected chi connectivity index (χ0v) is 14.4. The van der Waals surface area contributed by atoms with Gasteiger partial charge in [-0.25, -0.2) is 0 Å². The number of hydrogen-bond acceptors (Lipinski definition) is 5. The number of likely N-dealkylation sites (N-methyl/N-ethyl adjacent to an activating group) is 1. The van der Waals surface area contributed by atoms with E-state index in [1.54, 1.807) is 0 Å². The Balaban J connectivity index is 2.18. The number of non-ortho nitro benzene ring substituents is 1. The molecule has 7 nitrogen and oxygen atoms in total. The molecule has 0 fully saturated rings. The Morgan fingerprint density at radius 3 is 2.48 bits per heavy atom. The fourth-order valence-electron chi connectivity index (χ4n) is 2.55. The normalized spacial score (nSPS) is 11.8. The zero-order chi connectivity index (χ0) is 18.4. The molecule has 0 saturated carbocycles. The maximum absolute atomic E-state index is 12.5. The van der Waals surface area contributed by atoms with Gasteiger partial charge in [-0.05, 0) is 25.7 Å². The number of nitrogens with one attached hydrogen (secondary N) is 1. The van der Waals surface area contributed by atoms with Crippen LogP contribution in [0.5, 0.6) is 5.75 Å². The summed E-state index contributed by atoms with van der Waals surface area (Å²) in [4.78, 5) is 24.9. The topological polar surface area (TPSA) is 84.7 Å². The Morgan fingerprint density at radius 1 is 1.24 bits per heavy atom. The molecule has 1 unspecified atom stereocenters. The van der Waals surface area contributed by atoms with Crippen molar-refractivity contribution < 1.29 is 14.5 Å². The molecule has 2 aromatic rings. The minimum absolute atomic E-state index is 0.0187. The predicted octanol–water partition coefficient (Wildman–Crippen LogP) is 2.64. The van der Waals surface area contributed by atoms with Gasteiger partial charge in [-0.1, -0.05) is 30.3 Å². The summed E-state index contributed by atoms with van der Waals surface area (Å²) in [6.07, 6.45) is 0. The number of amides is 1. The van der Waals surface area contributed by atoms with Crippen molar-refractivity contribution in [3.8, 4) is 5.75 Å². The second-order valence-corrected chi connectivity index (χ2v) is 5.74.